The maximum Gasteiger partial charge on any atom is 0.233 e. The quantitative estimate of drug-likeness (QED) is 0.632. The zero-order valence-electron chi connectivity index (χ0n) is 9.07. The normalized spacial score (nSPS) is 11.9. The summed E-state index contributed by atoms with van der Waals surface area (Å²) in [4.78, 5) is 12.4. The molecule has 86 valence electrons. The molecule has 0 fully saturated rings. The van der Waals surface area contributed by atoms with E-state index < -0.39 is 0 Å². The molecule has 0 radical (unpaired) electrons. The third-order valence-electron chi connectivity index (χ3n) is 1.92. The van der Waals surface area contributed by atoms with Gasteiger partial charge in [-0.05, 0) is 31.2 Å². The molecule has 4 heteroatoms. The van der Waals surface area contributed by atoms with Gasteiger partial charge in [0.15, 0.2) is 0 Å². The first-order valence-corrected chi connectivity index (χ1v) is 5.82. The number of carbonyl (C=O) groups is 1. The fraction of sp³-hybridized carbons (Fsp3) is 0.250. The molecule has 2 nitrogen and oxygen atoms in total. The van der Waals surface area contributed by atoms with Crippen LogP contribution in [0, 0.1) is 5.82 Å². The van der Waals surface area contributed by atoms with Gasteiger partial charge in [-0.2, -0.15) is 0 Å². The lowest BCUT2D eigenvalue weighted by atomic mass is 10.3. The second-order valence-corrected chi connectivity index (χ2v) is 4.66. The zero-order chi connectivity index (χ0) is 12.0. The lowest BCUT2D eigenvalue weighted by molar-refractivity contribution is -0.120. The van der Waals surface area contributed by atoms with E-state index in [1.165, 1.54) is 23.9 Å². The molecule has 1 aromatic carbocycles. The Morgan fingerprint density at radius 3 is 2.75 bits per heavy atom. The van der Waals surface area contributed by atoms with Gasteiger partial charge in [-0.25, -0.2) is 4.39 Å². The van der Waals surface area contributed by atoms with E-state index in [1.54, 1.807) is 18.2 Å². The number of amides is 1. The summed E-state index contributed by atoms with van der Waals surface area (Å²) in [5.41, 5.74) is 0. The largest absolute Gasteiger partial charge is 0.352 e. The summed E-state index contributed by atoms with van der Waals surface area (Å²) in [5, 5.41) is 2.51. The van der Waals surface area contributed by atoms with E-state index >= 15 is 0 Å². The monoisotopic (exact) mass is 239 g/mol. The minimum atomic E-state index is -0.270. The highest BCUT2D eigenvalue weighted by atomic mass is 32.2. The summed E-state index contributed by atoms with van der Waals surface area (Å²) >= 11 is 1.40. The molecular weight excluding hydrogens is 225 g/mol. The van der Waals surface area contributed by atoms with Crippen molar-refractivity contribution in [2.24, 2.45) is 0 Å². The maximum atomic E-state index is 12.6. The van der Waals surface area contributed by atoms with Gasteiger partial charge in [0, 0.05) is 11.4 Å². The summed E-state index contributed by atoms with van der Waals surface area (Å²) in [6.45, 7) is 5.80. The molecule has 16 heavy (non-hydrogen) atoms. The Kier molecular flexibility index (Phi) is 5.05. The van der Waals surface area contributed by atoms with Crippen molar-refractivity contribution in [3.63, 3.8) is 0 Å². The van der Waals surface area contributed by atoms with Crippen molar-refractivity contribution in [1.82, 2.24) is 5.32 Å². The van der Waals surface area contributed by atoms with E-state index in [2.05, 4.69) is 11.9 Å². The average molecular weight is 239 g/mol. The second-order valence-electron chi connectivity index (χ2n) is 3.25. The average Bonchev–Trinajstić information content (AvgIpc) is 2.29. The van der Waals surface area contributed by atoms with Gasteiger partial charge in [-0.3, -0.25) is 4.79 Å². The van der Waals surface area contributed by atoms with Crippen molar-refractivity contribution >= 4 is 17.7 Å². The van der Waals surface area contributed by atoms with E-state index in [4.69, 9.17) is 0 Å². The van der Waals surface area contributed by atoms with Crippen molar-refractivity contribution in [2.75, 3.05) is 6.54 Å². The molecule has 0 saturated heterocycles. The van der Waals surface area contributed by atoms with E-state index in [9.17, 15) is 9.18 Å². The van der Waals surface area contributed by atoms with Gasteiger partial charge in [-0.1, -0.05) is 6.08 Å². The molecule has 1 N–H and O–H groups in total. The molecule has 0 aliphatic heterocycles. The summed E-state index contributed by atoms with van der Waals surface area (Å²) < 4.78 is 12.6. The van der Waals surface area contributed by atoms with E-state index in [1.807, 2.05) is 6.92 Å². The van der Waals surface area contributed by atoms with Crippen molar-refractivity contribution in [3.8, 4) is 0 Å². The topological polar surface area (TPSA) is 29.1 Å². The Bertz CT molecular complexity index is 364. The molecular formula is C12H14FNOS. The van der Waals surface area contributed by atoms with Gasteiger partial charge in [0.1, 0.15) is 5.82 Å². The van der Waals surface area contributed by atoms with Crippen LogP contribution < -0.4 is 5.32 Å². The Morgan fingerprint density at radius 1 is 1.56 bits per heavy atom. The molecule has 0 aromatic heterocycles. The number of rotatable bonds is 5. The Hall–Kier alpha value is -1.29. The number of halogens is 1. The number of carbonyl (C=O) groups excluding carboxylic acids is 1. The minimum Gasteiger partial charge on any atom is -0.352 e. The van der Waals surface area contributed by atoms with Crippen LogP contribution in [-0.2, 0) is 4.79 Å². The lowest BCUT2D eigenvalue weighted by Gasteiger charge is -2.10. The van der Waals surface area contributed by atoms with Crippen molar-refractivity contribution in [2.45, 2.75) is 17.1 Å². The first kappa shape index (κ1) is 12.8. The van der Waals surface area contributed by atoms with Crippen molar-refractivity contribution < 1.29 is 9.18 Å². The van der Waals surface area contributed by atoms with Gasteiger partial charge in [0.2, 0.25) is 5.91 Å². The predicted molar refractivity (Wildman–Crippen MR) is 64.9 cm³/mol. The number of thioether (sulfide) groups is 1. The molecule has 1 rings (SSSR count). The second kappa shape index (κ2) is 6.33. The number of nitrogens with one attached hydrogen (secondary N) is 1. The molecule has 1 atom stereocenters. The molecule has 1 amide bonds. The van der Waals surface area contributed by atoms with Crippen LogP contribution in [-0.4, -0.2) is 17.7 Å². The van der Waals surface area contributed by atoms with Gasteiger partial charge in [0.05, 0.1) is 5.25 Å². The van der Waals surface area contributed by atoms with Gasteiger partial charge >= 0.3 is 0 Å². The van der Waals surface area contributed by atoms with Gasteiger partial charge in [0.25, 0.3) is 0 Å². The predicted octanol–water partition coefficient (Wildman–Crippen LogP) is 2.61. The zero-order valence-corrected chi connectivity index (χ0v) is 9.89. The minimum absolute atomic E-state index is 0.0470. The molecule has 0 aliphatic carbocycles. The molecule has 0 bridgehead atoms. The highest BCUT2D eigenvalue weighted by Crippen LogP contribution is 2.23. The number of hydrogen-bond acceptors (Lipinski definition) is 2. The van der Waals surface area contributed by atoms with Crippen LogP contribution in [0.3, 0.4) is 0 Å². The van der Waals surface area contributed by atoms with E-state index in [0.717, 1.165) is 4.90 Å². The van der Waals surface area contributed by atoms with Gasteiger partial charge < -0.3 is 5.32 Å². The summed E-state index contributed by atoms with van der Waals surface area (Å²) in [6, 6.07) is 6.10. The van der Waals surface area contributed by atoms with Crippen LogP contribution in [0.5, 0.6) is 0 Å². The van der Waals surface area contributed by atoms with Crippen LogP contribution in [0.2, 0.25) is 0 Å². The Labute approximate surface area is 98.9 Å². The van der Waals surface area contributed by atoms with Crippen molar-refractivity contribution in [1.29, 1.82) is 0 Å². The standard InChI is InChI=1S/C12H14FNOS/c1-3-8-14-12(15)9(2)16-11-6-4-10(13)5-7-11/h3-7,9H,1,8H2,2H3,(H,14,15). The fourth-order valence-electron chi connectivity index (χ4n) is 1.09. The van der Waals surface area contributed by atoms with Crippen LogP contribution in [0.25, 0.3) is 0 Å². The molecule has 1 aromatic rings. The highest BCUT2D eigenvalue weighted by molar-refractivity contribution is 8.00. The molecule has 0 aliphatic rings. The van der Waals surface area contributed by atoms with Crippen LogP contribution in [0.1, 0.15) is 6.92 Å². The first-order chi connectivity index (χ1) is 7.63. The first-order valence-electron chi connectivity index (χ1n) is 4.94. The fourth-order valence-corrected chi connectivity index (χ4v) is 1.98. The molecule has 0 heterocycles. The molecule has 0 saturated carbocycles. The lowest BCUT2D eigenvalue weighted by Crippen LogP contribution is -2.30. The molecule has 1 unspecified atom stereocenters. The number of benzene rings is 1. The van der Waals surface area contributed by atoms with Crippen molar-refractivity contribution in [3.05, 3.63) is 42.7 Å². The van der Waals surface area contributed by atoms with Crippen LogP contribution in [0.15, 0.2) is 41.8 Å². The van der Waals surface area contributed by atoms with Gasteiger partial charge in [-0.15, -0.1) is 18.3 Å². The van der Waals surface area contributed by atoms with E-state index in [-0.39, 0.29) is 17.0 Å². The Balaban J connectivity index is 2.50. The molecule has 0 spiro atoms. The highest BCUT2D eigenvalue weighted by Gasteiger charge is 2.12. The SMILES string of the molecule is C=CCNC(=O)C(C)Sc1ccc(F)cc1. The third-order valence-corrected chi connectivity index (χ3v) is 3.03. The smallest absolute Gasteiger partial charge is 0.233 e. The Morgan fingerprint density at radius 2 is 2.19 bits per heavy atom. The summed E-state index contributed by atoms with van der Waals surface area (Å²) in [7, 11) is 0. The summed E-state index contributed by atoms with van der Waals surface area (Å²) in [6.07, 6.45) is 1.63. The van der Waals surface area contributed by atoms with Crippen LogP contribution >= 0.6 is 11.8 Å². The number of hydrogen-bond donors (Lipinski definition) is 1. The van der Waals surface area contributed by atoms with Crippen LogP contribution in [0.4, 0.5) is 4.39 Å². The van der Waals surface area contributed by atoms with E-state index in [0.29, 0.717) is 6.54 Å². The maximum absolute atomic E-state index is 12.6. The third kappa shape index (κ3) is 4.06. The summed E-state index contributed by atoms with van der Waals surface area (Å²) in [5.74, 6) is -0.317.